The summed E-state index contributed by atoms with van der Waals surface area (Å²) in [6.07, 6.45) is -0.00744. The fraction of sp³-hybridized carbons (Fsp3) is 0.500. The molecule has 1 atom stereocenters. The Morgan fingerprint density at radius 2 is 2.06 bits per heavy atom. The predicted molar refractivity (Wildman–Crippen MR) is 60.5 cm³/mol. The Labute approximate surface area is 99.9 Å². The maximum atomic E-state index is 9.26. The Bertz CT molecular complexity index is 391. The number of aliphatic hydroxyl groups is 1. The molecule has 1 unspecified atom stereocenters. The van der Waals surface area contributed by atoms with Crippen LogP contribution in [0.2, 0.25) is 0 Å². The zero-order valence-corrected chi connectivity index (χ0v) is 9.93. The summed E-state index contributed by atoms with van der Waals surface area (Å²) in [5.41, 5.74) is 0.678. The second-order valence-corrected chi connectivity index (χ2v) is 3.83. The van der Waals surface area contributed by atoms with E-state index < -0.39 is 0 Å². The normalized spacial score (nSPS) is 14.8. The molecule has 1 N–H and O–H groups in total. The fourth-order valence-electron chi connectivity index (χ4n) is 1.50. The van der Waals surface area contributed by atoms with Crippen LogP contribution >= 0.6 is 0 Å². The van der Waals surface area contributed by atoms with Gasteiger partial charge in [0.25, 0.3) is 0 Å². The highest BCUT2D eigenvalue weighted by molar-refractivity contribution is 5.51. The number of fused-ring (bicyclic) bond motifs is 1. The van der Waals surface area contributed by atoms with Crippen molar-refractivity contribution in [2.45, 2.75) is 19.6 Å². The molecule has 0 amide bonds. The van der Waals surface area contributed by atoms with Gasteiger partial charge in [-0.2, -0.15) is 0 Å². The maximum Gasteiger partial charge on any atom is 0.231 e. The topological polar surface area (TPSA) is 57.2 Å². The molecule has 1 aliphatic heterocycles. The molecule has 5 nitrogen and oxygen atoms in total. The maximum absolute atomic E-state index is 9.26. The standard InChI is InChI=1S/C12H16O5/c1-8(14-2)6-15-10-4-12-11(16-7-17-12)3-9(10)5-13/h3-4,8,13H,5-7H2,1-2H3. The van der Waals surface area contributed by atoms with E-state index in [9.17, 15) is 5.11 Å². The van der Waals surface area contributed by atoms with Crippen LogP contribution in [-0.4, -0.2) is 31.7 Å². The molecule has 0 aliphatic carbocycles. The average molecular weight is 240 g/mol. The lowest BCUT2D eigenvalue weighted by atomic mass is 10.2. The first kappa shape index (κ1) is 12.0. The Kier molecular flexibility index (Phi) is 3.71. The molecule has 0 spiro atoms. The minimum atomic E-state index is -0.104. The quantitative estimate of drug-likeness (QED) is 0.841. The van der Waals surface area contributed by atoms with Gasteiger partial charge in [-0.05, 0) is 13.0 Å². The van der Waals surface area contributed by atoms with Gasteiger partial charge in [-0.15, -0.1) is 0 Å². The van der Waals surface area contributed by atoms with Crippen molar-refractivity contribution < 1.29 is 24.1 Å². The lowest BCUT2D eigenvalue weighted by molar-refractivity contribution is 0.0706. The zero-order chi connectivity index (χ0) is 12.3. The second-order valence-electron chi connectivity index (χ2n) is 3.83. The molecule has 17 heavy (non-hydrogen) atoms. The van der Waals surface area contributed by atoms with Crippen LogP contribution in [0.3, 0.4) is 0 Å². The summed E-state index contributed by atoms with van der Waals surface area (Å²) in [5.74, 6) is 1.88. The van der Waals surface area contributed by atoms with Crippen molar-refractivity contribution in [1.82, 2.24) is 0 Å². The van der Waals surface area contributed by atoms with E-state index >= 15 is 0 Å². The second kappa shape index (κ2) is 5.25. The smallest absolute Gasteiger partial charge is 0.231 e. The molecule has 0 saturated heterocycles. The van der Waals surface area contributed by atoms with Crippen LogP contribution < -0.4 is 14.2 Å². The van der Waals surface area contributed by atoms with Gasteiger partial charge < -0.3 is 24.1 Å². The van der Waals surface area contributed by atoms with Crippen LogP contribution in [0, 0.1) is 0 Å². The summed E-state index contributed by atoms with van der Waals surface area (Å²) in [6, 6.07) is 3.46. The summed E-state index contributed by atoms with van der Waals surface area (Å²) in [7, 11) is 1.63. The summed E-state index contributed by atoms with van der Waals surface area (Å²) in [5, 5.41) is 9.26. The van der Waals surface area contributed by atoms with E-state index in [-0.39, 0.29) is 19.5 Å². The van der Waals surface area contributed by atoms with Gasteiger partial charge >= 0.3 is 0 Å². The van der Waals surface area contributed by atoms with Crippen LogP contribution in [0.4, 0.5) is 0 Å². The van der Waals surface area contributed by atoms with Gasteiger partial charge in [0, 0.05) is 18.7 Å². The molecule has 0 fully saturated rings. The van der Waals surface area contributed by atoms with Crippen molar-refractivity contribution in [2.75, 3.05) is 20.5 Å². The van der Waals surface area contributed by atoms with Crippen molar-refractivity contribution in [2.24, 2.45) is 0 Å². The molecular weight excluding hydrogens is 224 g/mol. The van der Waals surface area contributed by atoms with Gasteiger partial charge in [0.2, 0.25) is 6.79 Å². The highest BCUT2D eigenvalue weighted by atomic mass is 16.7. The van der Waals surface area contributed by atoms with E-state index in [0.717, 1.165) is 0 Å². The number of hydrogen-bond donors (Lipinski definition) is 1. The third-order valence-corrected chi connectivity index (χ3v) is 2.60. The zero-order valence-electron chi connectivity index (χ0n) is 9.93. The van der Waals surface area contributed by atoms with Crippen molar-refractivity contribution in [3.63, 3.8) is 0 Å². The van der Waals surface area contributed by atoms with Gasteiger partial charge in [-0.1, -0.05) is 0 Å². The molecular formula is C12H16O5. The SMILES string of the molecule is COC(C)COc1cc2c(cc1CO)OCO2. The third kappa shape index (κ3) is 2.62. The van der Waals surface area contributed by atoms with Gasteiger partial charge in [-0.25, -0.2) is 0 Å². The number of benzene rings is 1. The van der Waals surface area contributed by atoms with Crippen molar-refractivity contribution in [3.8, 4) is 17.2 Å². The Morgan fingerprint density at radius 1 is 1.35 bits per heavy atom. The van der Waals surface area contributed by atoms with Crippen LogP contribution in [0.5, 0.6) is 17.2 Å². The molecule has 0 aromatic heterocycles. The molecule has 94 valence electrons. The molecule has 1 aromatic rings. The molecule has 0 bridgehead atoms. The van der Waals surface area contributed by atoms with E-state index in [1.165, 1.54) is 0 Å². The van der Waals surface area contributed by atoms with Crippen LogP contribution in [-0.2, 0) is 11.3 Å². The van der Waals surface area contributed by atoms with E-state index in [1.807, 2.05) is 6.92 Å². The molecule has 1 aliphatic rings. The summed E-state index contributed by atoms with van der Waals surface area (Å²) < 4.78 is 21.2. The Hall–Kier alpha value is -1.46. The number of methoxy groups -OCH3 is 1. The van der Waals surface area contributed by atoms with E-state index in [4.69, 9.17) is 18.9 Å². The van der Waals surface area contributed by atoms with Crippen LogP contribution in [0.1, 0.15) is 12.5 Å². The first-order valence-corrected chi connectivity index (χ1v) is 5.43. The van der Waals surface area contributed by atoms with Crippen molar-refractivity contribution in [3.05, 3.63) is 17.7 Å². The molecule has 0 radical (unpaired) electrons. The molecule has 5 heteroatoms. The predicted octanol–water partition coefficient (Wildman–Crippen LogP) is 1.32. The lowest BCUT2D eigenvalue weighted by Gasteiger charge is -2.14. The molecule has 2 rings (SSSR count). The fourth-order valence-corrected chi connectivity index (χ4v) is 1.50. The first-order chi connectivity index (χ1) is 8.24. The van der Waals surface area contributed by atoms with Crippen LogP contribution in [0.25, 0.3) is 0 Å². The summed E-state index contributed by atoms with van der Waals surface area (Å²) in [6.45, 7) is 2.43. The van der Waals surface area contributed by atoms with Crippen molar-refractivity contribution in [1.29, 1.82) is 0 Å². The molecule has 0 saturated carbocycles. The molecule has 1 heterocycles. The highest BCUT2D eigenvalue weighted by Crippen LogP contribution is 2.38. The summed E-state index contributed by atoms with van der Waals surface area (Å²) in [4.78, 5) is 0. The highest BCUT2D eigenvalue weighted by Gasteiger charge is 2.18. The molecule has 1 aromatic carbocycles. The van der Waals surface area contributed by atoms with Crippen LogP contribution in [0.15, 0.2) is 12.1 Å². The van der Waals surface area contributed by atoms with Gasteiger partial charge in [-0.3, -0.25) is 0 Å². The van der Waals surface area contributed by atoms with Gasteiger partial charge in [0.15, 0.2) is 11.5 Å². The number of ether oxygens (including phenoxy) is 4. The van der Waals surface area contributed by atoms with E-state index in [2.05, 4.69) is 0 Å². The van der Waals surface area contributed by atoms with E-state index in [0.29, 0.717) is 29.4 Å². The Balaban J connectivity index is 2.15. The Morgan fingerprint density at radius 3 is 2.71 bits per heavy atom. The lowest BCUT2D eigenvalue weighted by Crippen LogP contribution is -2.16. The summed E-state index contributed by atoms with van der Waals surface area (Å²) >= 11 is 0. The number of hydrogen-bond acceptors (Lipinski definition) is 5. The minimum absolute atomic E-state index is 0.00744. The number of aliphatic hydroxyl groups excluding tert-OH is 1. The van der Waals surface area contributed by atoms with Gasteiger partial charge in [0.05, 0.1) is 12.7 Å². The van der Waals surface area contributed by atoms with Crippen molar-refractivity contribution >= 4 is 0 Å². The monoisotopic (exact) mass is 240 g/mol. The third-order valence-electron chi connectivity index (χ3n) is 2.60. The largest absolute Gasteiger partial charge is 0.490 e. The average Bonchev–Trinajstić information content (AvgIpc) is 2.81. The van der Waals surface area contributed by atoms with Gasteiger partial charge in [0.1, 0.15) is 12.4 Å². The first-order valence-electron chi connectivity index (χ1n) is 5.43. The minimum Gasteiger partial charge on any atom is -0.490 e. The van der Waals surface area contributed by atoms with E-state index in [1.54, 1.807) is 19.2 Å². The number of rotatable bonds is 5.